The fraction of sp³-hybridized carbons (Fsp3) is 0.409. The van der Waals surface area contributed by atoms with Gasteiger partial charge in [-0.2, -0.15) is 0 Å². The third kappa shape index (κ3) is 4.67. The first-order valence-corrected chi connectivity index (χ1v) is 10.6. The number of aryl methyl sites for hydroxylation is 1. The third-order valence-electron chi connectivity index (χ3n) is 5.31. The van der Waals surface area contributed by atoms with Gasteiger partial charge in [0.1, 0.15) is 25.0 Å². The Labute approximate surface area is 164 Å². The molecule has 1 saturated heterocycles. The number of fused-ring (bicyclic) bond motifs is 1. The molecule has 2 heterocycles. The molecule has 4 rings (SSSR count). The van der Waals surface area contributed by atoms with Crippen LogP contribution in [0.1, 0.15) is 29.3 Å². The van der Waals surface area contributed by atoms with Gasteiger partial charge in [-0.15, -0.1) is 11.3 Å². The molecule has 1 aliphatic rings. The van der Waals surface area contributed by atoms with Crippen molar-refractivity contribution in [3.8, 4) is 5.75 Å². The van der Waals surface area contributed by atoms with Gasteiger partial charge in [-0.3, -0.25) is 0 Å². The number of thiazole rings is 1. The van der Waals surface area contributed by atoms with Crippen molar-refractivity contribution in [3.63, 3.8) is 0 Å². The third-order valence-corrected chi connectivity index (χ3v) is 6.51. The van der Waals surface area contributed by atoms with Gasteiger partial charge in [0.2, 0.25) is 0 Å². The van der Waals surface area contributed by atoms with E-state index in [4.69, 9.17) is 9.72 Å². The van der Waals surface area contributed by atoms with Gasteiger partial charge < -0.3 is 14.7 Å². The summed E-state index contributed by atoms with van der Waals surface area (Å²) in [5.41, 5.74) is 2.29. The van der Waals surface area contributed by atoms with Crippen LogP contribution in [0.3, 0.4) is 0 Å². The van der Waals surface area contributed by atoms with E-state index in [0.717, 1.165) is 43.7 Å². The first-order valence-electron chi connectivity index (χ1n) is 9.74. The highest BCUT2D eigenvalue weighted by molar-refractivity contribution is 7.18. The molecule has 1 atom stereocenters. The van der Waals surface area contributed by atoms with Gasteiger partial charge in [0.05, 0.1) is 28.3 Å². The van der Waals surface area contributed by atoms with Crippen molar-refractivity contribution in [1.82, 2.24) is 4.98 Å². The number of para-hydroxylation sites is 1. The number of piperidine rings is 1. The van der Waals surface area contributed by atoms with E-state index in [1.54, 1.807) is 0 Å². The summed E-state index contributed by atoms with van der Waals surface area (Å²) in [6, 6.07) is 16.4. The highest BCUT2D eigenvalue weighted by Gasteiger charge is 2.27. The summed E-state index contributed by atoms with van der Waals surface area (Å²) in [6.45, 7) is 5.32. The van der Waals surface area contributed by atoms with Crippen molar-refractivity contribution >= 4 is 21.6 Å². The molecule has 0 aliphatic carbocycles. The fourth-order valence-electron chi connectivity index (χ4n) is 3.83. The zero-order chi connectivity index (χ0) is 18.6. The molecule has 0 radical (unpaired) electrons. The monoisotopic (exact) mass is 383 g/mol. The number of nitrogens with one attached hydrogen (secondary N) is 1. The van der Waals surface area contributed by atoms with Gasteiger partial charge in [-0.05, 0) is 36.8 Å². The van der Waals surface area contributed by atoms with Crippen molar-refractivity contribution in [1.29, 1.82) is 0 Å². The van der Waals surface area contributed by atoms with E-state index in [9.17, 15) is 5.11 Å². The molecule has 0 unspecified atom stereocenters. The molecule has 2 N–H and O–H groups in total. The van der Waals surface area contributed by atoms with Crippen LogP contribution in [-0.4, -0.2) is 42.4 Å². The summed E-state index contributed by atoms with van der Waals surface area (Å²) >= 11 is 1.84. The van der Waals surface area contributed by atoms with E-state index in [0.29, 0.717) is 12.5 Å². The Morgan fingerprint density at radius 1 is 1.19 bits per heavy atom. The lowest BCUT2D eigenvalue weighted by Crippen LogP contribution is -3.14. The van der Waals surface area contributed by atoms with Crippen LogP contribution >= 0.6 is 11.3 Å². The van der Waals surface area contributed by atoms with E-state index < -0.39 is 6.10 Å². The second-order valence-electron chi connectivity index (χ2n) is 7.53. The highest BCUT2D eigenvalue weighted by Crippen LogP contribution is 2.31. The molecular formula is C22H27N2O2S+. The molecule has 5 heteroatoms. The number of quaternary nitrogens is 1. The topological polar surface area (TPSA) is 46.8 Å². The van der Waals surface area contributed by atoms with Crippen LogP contribution in [0.25, 0.3) is 10.2 Å². The van der Waals surface area contributed by atoms with Gasteiger partial charge in [0.15, 0.2) is 0 Å². The molecule has 1 aromatic heterocycles. The smallest absolute Gasteiger partial charge is 0.137 e. The second kappa shape index (κ2) is 8.38. The summed E-state index contributed by atoms with van der Waals surface area (Å²) < 4.78 is 7.03. The molecule has 27 heavy (non-hydrogen) atoms. The summed E-state index contributed by atoms with van der Waals surface area (Å²) in [5.74, 6) is 1.39. The number of nitrogens with zero attached hydrogens (tertiary/aromatic N) is 1. The van der Waals surface area contributed by atoms with E-state index in [-0.39, 0.29) is 0 Å². The van der Waals surface area contributed by atoms with E-state index in [1.807, 2.05) is 42.5 Å². The molecule has 0 spiro atoms. The van der Waals surface area contributed by atoms with Crippen LogP contribution in [0.5, 0.6) is 5.75 Å². The minimum Gasteiger partial charge on any atom is -0.491 e. The molecule has 0 saturated carbocycles. The van der Waals surface area contributed by atoms with Crippen molar-refractivity contribution in [2.24, 2.45) is 0 Å². The number of likely N-dealkylation sites (tertiary alicyclic amines) is 1. The summed E-state index contributed by atoms with van der Waals surface area (Å²) in [4.78, 5) is 6.30. The number of hydrogen-bond acceptors (Lipinski definition) is 4. The quantitative estimate of drug-likeness (QED) is 0.688. The number of aromatic nitrogens is 1. The van der Waals surface area contributed by atoms with Crippen LogP contribution in [0.4, 0.5) is 0 Å². The summed E-state index contributed by atoms with van der Waals surface area (Å²) in [5, 5.41) is 11.6. The predicted octanol–water partition coefficient (Wildman–Crippen LogP) is 2.81. The van der Waals surface area contributed by atoms with Crippen molar-refractivity contribution < 1.29 is 14.7 Å². The number of hydrogen-bond donors (Lipinski definition) is 2. The first-order chi connectivity index (χ1) is 13.2. The maximum Gasteiger partial charge on any atom is 0.137 e. The van der Waals surface area contributed by atoms with Crippen LogP contribution in [-0.2, 0) is 0 Å². The number of benzene rings is 2. The van der Waals surface area contributed by atoms with Crippen LogP contribution in [0.15, 0.2) is 48.5 Å². The lowest BCUT2D eigenvalue weighted by atomic mass is 9.97. The fourth-order valence-corrected chi connectivity index (χ4v) is 4.97. The standard InChI is InChI=1S/C22H26N2O2S/c1-16-5-4-6-19(13-16)26-15-18(25)14-24-11-9-17(10-12-24)22-23-20-7-2-3-8-21(20)27-22/h2-8,13,17-18,25H,9-12,14-15H2,1H3/p+1/t18-/m0/s1. The Bertz CT molecular complexity index is 854. The Morgan fingerprint density at radius 3 is 2.78 bits per heavy atom. The minimum absolute atomic E-state index is 0.355. The molecule has 2 aromatic carbocycles. The summed E-state index contributed by atoms with van der Waals surface area (Å²) in [7, 11) is 0. The van der Waals surface area contributed by atoms with Gasteiger partial charge in [0.25, 0.3) is 0 Å². The Morgan fingerprint density at radius 2 is 2.00 bits per heavy atom. The molecule has 3 aromatic rings. The van der Waals surface area contributed by atoms with Gasteiger partial charge >= 0.3 is 0 Å². The maximum absolute atomic E-state index is 10.4. The van der Waals surface area contributed by atoms with Crippen molar-refractivity contribution in [3.05, 3.63) is 59.1 Å². The average Bonchev–Trinajstić information content (AvgIpc) is 3.11. The van der Waals surface area contributed by atoms with Crippen LogP contribution in [0.2, 0.25) is 0 Å². The van der Waals surface area contributed by atoms with Crippen LogP contribution < -0.4 is 9.64 Å². The van der Waals surface area contributed by atoms with Crippen molar-refractivity contribution in [2.75, 3.05) is 26.2 Å². The molecule has 4 nitrogen and oxygen atoms in total. The Hall–Kier alpha value is -1.95. The molecular weight excluding hydrogens is 356 g/mol. The highest BCUT2D eigenvalue weighted by atomic mass is 32.1. The SMILES string of the molecule is Cc1cccc(OC[C@@H](O)C[NH+]2CCC(c3nc4ccccc4s3)CC2)c1. The molecule has 0 bridgehead atoms. The van der Waals surface area contributed by atoms with E-state index >= 15 is 0 Å². The largest absolute Gasteiger partial charge is 0.491 e. The number of ether oxygens (including phenoxy) is 1. The van der Waals surface area contributed by atoms with Gasteiger partial charge in [-0.25, -0.2) is 4.98 Å². The number of aliphatic hydroxyl groups is 1. The zero-order valence-electron chi connectivity index (χ0n) is 15.7. The zero-order valence-corrected chi connectivity index (χ0v) is 16.5. The minimum atomic E-state index is -0.431. The van der Waals surface area contributed by atoms with Crippen LogP contribution in [0, 0.1) is 6.92 Å². The predicted molar refractivity (Wildman–Crippen MR) is 110 cm³/mol. The normalized spacial score (nSPS) is 21.3. The lowest BCUT2D eigenvalue weighted by Gasteiger charge is -2.29. The molecule has 1 fully saturated rings. The lowest BCUT2D eigenvalue weighted by molar-refractivity contribution is -0.908. The van der Waals surface area contributed by atoms with E-state index in [1.165, 1.54) is 20.2 Å². The van der Waals surface area contributed by atoms with Gasteiger partial charge in [-0.1, -0.05) is 24.3 Å². The first kappa shape index (κ1) is 18.4. The average molecular weight is 384 g/mol. The maximum atomic E-state index is 10.4. The second-order valence-corrected chi connectivity index (χ2v) is 8.59. The Kier molecular flexibility index (Phi) is 5.72. The summed E-state index contributed by atoms with van der Waals surface area (Å²) in [6.07, 6.45) is 1.85. The molecule has 0 amide bonds. The van der Waals surface area contributed by atoms with Gasteiger partial charge in [0, 0.05) is 18.8 Å². The van der Waals surface area contributed by atoms with Crippen molar-refractivity contribution in [2.45, 2.75) is 31.8 Å². The molecule has 142 valence electrons. The van der Waals surface area contributed by atoms with E-state index in [2.05, 4.69) is 24.3 Å². The molecule has 1 aliphatic heterocycles. The number of aliphatic hydroxyl groups excluding tert-OH is 1. The Balaban J connectivity index is 1.25. The number of rotatable bonds is 6.